The van der Waals surface area contributed by atoms with Crippen molar-refractivity contribution in [1.29, 1.82) is 0 Å². The average Bonchev–Trinajstić information content (AvgIpc) is 2.52. The van der Waals surface area contributed by atoms with Crippen molar-refractivity contribution in [2.24, 2.45) is 11.8 Å². The van der Waals surface area contributed by atoms with Gasteiger partial charge in [0, 0.05) is 5.57 Å². The van der Waals surface area contributed by atoms with E-state index in [2.05, 4.69) is 19.2 Å². The molecular weight excluding hydrogens is 214 g/mol. The highest BCUT2D eigenvalue weighted by Crippen LogP contribution is 2.34. The summed E-state index contributed by atoms with van der Waals surface area (Å²) < 4.78 is 0. The number of amides is 2. The van der Waals surface area contributed by atoms with Crippen molar-refractivity contribution in [2.75, 3.05) is 0 Å². The molecule has 1 unspecified atom stereocenters. The van der Waals surface area contributed by atoms with Gasteiger partial charge in [-0.3, -0.25) is 14.9 Å². The van der Waals surface area contributed by atoms with Gasteiger partial charge in [0.05, 0.1) is 6.42 Å². The smallest absolute Gasteiger partial charge is 0.254 e. The molecule has 2 amide bonds. The van der Waals surface area contributed by atoms with E-state index in [-0.39, 0.29) is 11.8 Å². The third-order valence-electron chi connectivity index (χ3n) is 4.10. The van der Waals surface area contributed by atoms with E-state index in [4.69, 9.17) is 0 Å². The van der Waals surface area contributed by atoms with Crippen LogP contribution in [0, 0.1) is 11.8 Å². The van der Waals surface area contributed by atoms with Gasteiger partial charge in [0.25, 0.3) is 5.91 Å². The minimum Gasteiger partial charge on any atom is -0.292 e. The zero-order valence-electron chi connectivity index (χ0n) is 10.7. The predicted octanol–water partition coefficient (Wildman–Crippen LogP) is 2.57. The standard InChI is InChI=1S/C14H21NO2/c1-9(2)10-4-3-5-11(7-6-10)12-8-13(16)15-14(12)17/h9-10H,3-8H2,1-2H3,(H,15,16,17). The van der Waals surface area contributed by atoms with Gasteiger partial charge in [0.1, 0.15) is 0 Å². The second-order valence-electron chi connectivity index (χ2n) is 5.57. The maximum atomic E-state index is 11.6. The molecule has 1 saturated heterocycles. The molecule has 0 radical (unpaired) electrons. The summed E-state index contributed by atoms with van der Waals surface area (Å²) in [4.78, 5) is 22.8. The van der Waals surface area contributed by atoms with Gasteiger partial charge in [-0.2, -0.15) is 0 Å². The third-order valence-corrected chi connectivity index (χ3v) is 4.10. The molecule has 1 N–H and O–H groups in total. The Bertz CT molecular complexity index is 368. The van der Waals surface area contributed by atoms with Gasteiger partial charge >= 0.3 is 0 Å². The summed E-state index contributed by atoms with van der Waals surface area (Å²) in [5.41, 5.74) is 2.00. The van der Waals surface area contributed by atoms with Crippen LogP contribution in [-0.2, 0) is 9.59 Å². The van der Waals surface area contributed by atoms with Crippen LogP contribution in [0.3, 0.4) is 0 Å². The van der Waals surface area contributed by atoms with Gasteiger partial charge in [-0.15, -0.1) is 0 Å². The van der Waals surface area contributed by atoms with Gasteiger partial charge in [-0.05, 0) is 43.9 Å². The third kappa shape index (κ3) is 2.76. The maximum Gasteiger partial charge on any atom is 0.254 e. The van der Waals surface area contributed by atoms with Crippen LogP contribution in [0.15, 0.2) is 11.1 Å². The number of allylic oxidation sites excluding steroid dienone is 1. The first kappa shape index (κ1) is 12.3. The first-order chi connectivity index (χ1) is 8.08. The van der Waals surface area contributed by atoms with E-state index in [0.29, 0.717) is 6.42 Å². The van der Waals surface area contributed by atoms with E-state index in [9.17, 15) is 9.59 Å². The molecule has 3 heteroatoms. The summed E-state index contributed by atoms with van der Waals surface area (Å²) in [7, 11) is 0. The molecule has 2 rings (SSSR count). The first-order valence-corrected chi connectivity index (χ1v) is 6.63. The molecule has 1 atom stereocenters. The fourth-order valence-electron chi connectivity index (χ4n) is 2.95. The molecule has 1 aliphatic carbocycles. The molecule has 1 aliphatic heterocycles. The largest absolute Gasteiger partial charge is 0.292 e. The van der Waals surface area contributed by atoms with Crippen molar-refractivity contribution in [3.63, 3.8) is 0 Å². The van der Waals surface area contributed by atoms with Gasteiger partial charge in [0.15, 0.2) is 0 Å². The summed E-state index contributed by atoms with van der Waals surface area (Å²) in [5.74, 6) is 1.21. The molecular formula is C14H21NO2. The Kier molecular flexibility index (Phi) is 3.65. The molecule has 0 bridgehead atoms. The highest BCUT2D eigenvalue weighted by molar-refractivity contribution is 6.13. The molecule has 2 aliphatic rings. The topological polar surface area (TPSA) is 46.2 Å². The quantitative estimate of drug-likeness (QED) is 0.431. The predicted molar refractivity (Wildman–Crippen MR) is 66.2 cm³/mol. The average molecular weight is 235 g/mol. The number of carbonyl (C=O) groups is 2. The fourth-order valence-corrected chi connectivity index (χ4v) is 2.95. The Morgan fingerprint density at radius 2 is 1.94 bits per heavy atom. The van der Waals surface area contributed by atoms with E-state index in [0.717, 1.165) is 43.1 Å². The minimum atomic E-state index is -0.145. The van der Waals surface area contributed by atoms with Crippen LogP contribution in [0.25, 0.3) is 0 Å². The van der Waals surface area contributed by atoms with Crippen molar-refractivity contribution in [3.8, 4) is 0 Å². The second-order valence-corrected chi connectivity index (χ2v) is 5.57. The molecule has 3 nitrogen and oxygen atoms in total. The van der Waals surface area contributed by atoms with E-state index in [1.807, 2.05) is 0 Å². The van der Waals surface area contributed by atoms with Gasteiger partial charge in [-0.25, -0.2) is 0 Å². The van der Waals surface area contributed by atoms with Crippen LogP contribution < -0.4 is 5.32 Å². The van der Waals surface area contributed by atoms with Crippen molar-refractivity contribution >= 4 is 11.8 Å². The molecule has 0 spiro atoms. The number of nitrogens with one attached hydrogen (secondary N) is 1. The lowest BCUT2D eigenvalue weighted by Crippen LogP contribution is -2.19. The minimum absolute atomic E-state index is 0.137. The van der Waals surface area contributed by atoms with Crippen molar-refractivity contribution in [3.05, 3.63) is 11.1 Å². The number of hydrogen-bond acceptors (Lipinski definition) is 2. The summed E-state index contributed by atoms with van der Waals surface area (Å²) in [6.07, 6.45) is 5.88. The summed E-state index contributed by atoms with van der Waals surface area (Å²) in [6.45, 7) is 4.54. The van der Waals surface area contributed by atoms with E-state index < -0.39 is 0 Å². The molecule has 2 fully saturated rings. The molecule has 0 aromatic carbocycles. The molecule has 0 aromatic heterocycles. The zero-order chi connectivity index (χ0) is 12.4. The first-order valence-electron chi connectivity index (χ1n) is 6.63. The van der Waals surface area contributed by atoms with Crippen LogP contribution in [-0.4, -0.2) is 11.8 Å². The Hall–Kier alpha value is -1.12. The van der Waals surface area contributed by atoms with Crippen molar-refractivity contribution in [1.82, 2.24) is 5.32 Å². The van der Waals surface area contributed by atoms with Crippen LogP contribution in [0.5, 0.6) is 0 Å². The highest BCUT2D eigenvalue weighted by Gasteiger charge is 2.28. The summed E-state index contributed by atoms with van der Waals surface area (Å²) >= 11 is 0. The fraction of sp³-hybridized carbons (Fsp3) is 0.714. The Labute approximate surface area is 103 Å². The number of hydrogen-bond donors (Lipinski definition) is 1. The second kappa shape index (κ2) is 5.03. The number of imide groups is 1. The number of carbonyl (C=O) groups excluding carboxylic acids is 2. The SMILES string of the molecule is CC(C)C1CCCC(=C2CC(=O)NC2=O)CC1. The molecule has 94 valence electrons. The van der Waals surface area contributed by atoms with Gasteiger partial charge in [0.2, 0.25) is 5.91 Å². The van der Waals surface area contributed by atoms with Crippen LogP contribution in [0.2, 0.25) is 0 Å². The van der Waals surface area contributed by atoms with Crippen molar-refractivity contribution in [2.45, 2.75) is 52.4 Å². The molecule has 0 aromatic rings. The van der Waals surface area contributed by atoms with E-state index >= 15 is 0 Å². The summed E-state index contributed by atoms with van der Waals surface area (Å²) in [5, 5.41) is 2.38. The lowest BCUT2D eigenvalue weighted by atomic mass is 9.88. The molecule has 1 saturated carbocycles. The monoisotopic (exact) mass is 235 g/mol. The normalized spacial score (nSPS) is 30.6. The zero-order valence-corrected chi connectivity index (χ0v) is 10.7. The maximum absolute atomic E-state index is 11.6. The Morgan fingerprint density at radius 1 is 1.18 bits per heavy atom. The number of rotatable bonds is 1. The molecule has 17 heavy (non-hydrogen) atoms. The van der Waals surface area contributed by atoms with E-state index in [1.165, 1.54) is 12.0 Å². The van der Waals surface area contributed by atoms with Crippen LogP contribution >= 0.6 is 0 Å². The Morgan fingerprint density at radius 3 is 2.53 bits per heavy atom. The lowest BCUT2D eigenvalue weighted by molar-refractivity contribution is -0.124. The van der Waals surface area contributed by atoms with Gasteiger partial charge in [-0.1, -0.05) is 19.4 Å². The molecule has 1 heterocycles. The van der Waals surface area contributed by atoms with Gasteiger partial charge < -0.3 is 0 Å². The van der Waals surface area contributed by atoms with Crippen LogP contribution in [0.4, 0.5) is 0 Å². The Balaban J connectivity index is 2.10. The summed E-state index contributed by atoms with van der Waals surface area (Å²) in [6, 6.07) is 0. The van der Waals surface area contributed by atoms with E-state index in [1.54, 1.807) is 0 Å². The van der Waals surface area contributed by atoms with Crippen molar-refractivity contribution < 1.29 is 9.59 Å². The highest BCUT2D eigenvalue weighted by atomic mass is 16.2. The van der Waals surface area contributed by atoms with Crippen LogP contribution in [0.1, 0.15) is 52.4 Å². The lowest BCUT2D eigenvalue weighted by Gasteiger charge is -2.17.